The Bertz CT molecular complexity index is 551. The van der Waals surface area contributed by atoms with Crippen molar-refractivity contribution < 1.29 is 8.42 Å². The summed E-state index contributed by atoms with van der Waals surface area (Å²) < 4.78 is 23.7. The third-order valence-corrected chi connectivity index (χ3v) is 7.94. The molecule has 2 saturated heterocycles. The van der Waals surface area contributed by atoms with Gasteiger partial charge in [0.2, 0.25) is 0 Å². The van der Waals surface area contributed by atoms with Crippen molar-refractivity contribution in [3.63, 3.8) is 0 Å². The number of hydrogen-bond donors (Lipinski definition) is 1. The fraction of sp³-hybridized carbons (Fsp3) is 0.941. The van der Waals surface area contributed by atoms with E-state index in [-0.39, 0.29) is 5.75 Å². The molecule has 0 aliphatic carbocycles. The van der Waals surface area contributed by atoms with Gasteiger partial charge < -0.3 is 10.2 Å². The summed E-state index contributed by atoms with van der Waals surface area (Å²) in [5.41, 5.74) is 0. The van der Waals surface area contributed by atoms with E-state index in [9.17, 15) is 8.42 Å². The molecule has 2 rings (SSSR count). The van der Waals surface area contributed by atoms with E-state index in [2.05, 4.69) is 34.0 Å². The lowest BCUT2D eigenvalue weighted by Gasteiger charge is -2.40. The average Bonchev–Trinajstić information content (AvgIpc) is 3.00. The molecular formula is C17H34N4O2S. The first-order valence-electron chi connectivity index (χ1n) is 9.10. The van der Waals surface area contributed by atoms with Gasteiger partial charge in [-0.1, -0.05) is 13.8 Å². The fourth-order valence-corrected chi connectivity index (χ4v) is 5.08. The van der Waals surface area contributed by atoms with E-state index >= 15 is 0 Å². The summed E-state index contributed by atoms with van der Waals surface area (Å²) in [4.78, 5) is 9.05. The van der Waals surface area contributed by atoms with Crippen LogP contribution < -0.4 is 5.32 Å². The molecule has 2 aliphatic heterocycles. The van der Waals surface area contributed by atoms with E-state index in [1.54, 1.807) is 7.05 Å². The second-order valence-electron chi connectivity index (χ2n) is 7.98. The number of likely N-dealkylation sites (tertiary alicyclic amines) is 1. The number of aliphatic imine (C=N–C) groups is 1. The Labute approximate surface area is 147 Å². The topological polar surface area (TPSA) is 65.0 Å². The molecule has 0 aromatic rings. The predicted molar refractivity (Wildman–Crippen MR) is 100 cm³/mol. The highest BCUT2D eigenvalue weighted by Crippen LogP contribution is 2.24. The van der Waals surface area contributed by atoms with Gasteiger partial charge in [-0.25, -0.2) is 8.42 Å². The van der Waals surface area contributed by atoms with Gasteiger partial charge in [0.05, 0.1) is 10.5 Å². The largest absolute Gasteiger partial charge is 0.355 e. The Morgan fingerprint density at radius 1 is 1.21 bits per heavy atom. The van der Waals surface area contributed by atoms with E-state index in [4.69, 9.17) is 0 Å². The molecule has 0 aromatic carbocycles. The maximum atomic E-state index is 12.2. The number of hydrogen-bond acceptors (Lipinski definition) is 4. The fourth-order valence-electron chi connectivity index (χ4n) is 3.71. The zero-order valence-corrected chi connectivity index (χ0v) is 16.7. The molecule has 1 N–H and O–H groups in total. The minimum atomic E-state index is -3.03. The molecule has 6 nitrogen and oxygen atoms in total. The smallest absolute Gasteiger partial charge is 0.193 e. The summed E-state index contributed by atoms with van der Waals surface area (Å²) in [7, 11) is -1.25. The molecule has 2 fully saturated rings. The summed E-state index contributed by atoms with van der Waals surface area (Å²) in [6.45, 7) is 12.4. The normalized spacial score (nSPS) is 25.9. The first-order chi connectivity index (χ1) is 11.2. The second kappa shape index (κ2) is 7.60. The minimum absolute atomic E-state index is 0.195. The number of nitrogens with zero attached hydrogens (tertiary/aromatic N) is 3. The van der Waals surface area contributed by atoms with Crippen molar-refractivity contribution in [2.24, 2.45) is 10.9 Å². The van der Waals surface area contributed by atoms with Gasteiger partial charge in [0.25, 0.3) is 0 Å². The van der Waals surface area contributed by atoms with Gasteiger partial charge >= 0.3 is 0 Å². The first-order valence-corrected chi connectivity index (χ1v) is 10.7. The van der Waals surface area contributed by atoms with Crippen molar-refractivity contribution in [3.8, 4) is 0 Å². The third kappa shape index (κ3) is 4.23. The standard InChI is InChI=1S/C17H34N4O2S/c1-14(2)15(20-8-6-7-9-20)12-19-16(18-5)21-10-11-24(22,23)17(3,4)13-21/h14-15H,6-13H2,1-5H3,(H,18,19). The van der Waals surface area contributed by atoms with Crippen molar-refractivity contribution in [1.82, 2.24) is 15.1 Å². The van der Waals surface area contributed by atoms with Crippen molar-refractivity contribution in [2.75, 3.05) is 45.5 Å². The number of guanidine groups is 1. The van der Waals surface area contributed by atoms with E-state index in [0.717, 1.165) is 12.5 Å². The monoisotopic (exact) mass is 358 g/mol. The molecule has 0 radical (unpaired) electrons. The maximum absolute atomic E-state index is 12.2. The minimum Gasteiger partial charge on any atom is -0.355 e. The number of nitrogens with one attached hydrogen (secondary N) is 1. The van der Waals surface area contributed by atoms with Crippen LogP contribution >= 0.6 is 0 Å². The molecule has 24 heavy (non-hydrogen) atoms. The molecule has 140 valence electrons. The molecule has 0 saturated carbocycles. The molecular weight excluding hydrogens is 324 g/mol. The van der Waals surface area contributed by atoms with Crippen LogP contribution in [0.15, 0.2) is 4.99 Å². The molecule has 1 atom stereocenters. The van der Waals surface area contributed by atoms with Gasteiger partial charge in [0.1, 0.15) is 0 Å². The molecule has 0 spiro atoms. The number of sulfone groups is 1. The van der Waals surface area contributed by atoms with Gasteiger partial charge in [-0.05, 0) is 45.7 Å². The van der Waals surface area contributed by atoms with Gasteiger partial charge in [0, 0.05) is 32.7 Å². The lowest BCUT2D eigenvalue weighted by atomic mass is 10.0. The van der Waals surface area contributed by atoms with Crippen LogP contribution in [0.4, 0.5) is 0 Å². The van der Waals surface area contributed by atoms with Gasteiger partial charge in [-0.3, -0.25) is 9.89 Å². The Morgan fingerprint density at radius 2 is 1.83 bits per heavy atom. The van der Waals surface area contributed by atoms with Crippen LogP contribution in [-0.2, 0) is 9.84 Å². The summed E-state index contributed by atoms with van der Waals surface area (Å²) in [6.07, 6.45) is 2.58. The summed E-state index contributed by atoms with van der Waals surface area (Å²) in [5.74, 6) is 1.59. The zero-order valence-electron chi connectivity index (χ0n) is 15.9. The van der Waals surface area contributed by atoms with Crippen LogP contribution in [0.3, 0.4) is 0 Å². The lowest BCUT2D eigenvalue weighted by molar-refractivity contribution is 0.190. The van der Waals surface area contributed by atoms with Crippen molar-refractivity contribution in [3.05, 3.63) is 0 Å². The molecule has 2 heterocycles. The van der Waals surface area contributed by atoms with Crippen molar-refractivity contribution in [1.29, 1.82) is 0 Å². The Kier molecular flexibility index (Phi) is 6.18. The third-order valence-electron chi connectivity index (χ3n) is 5.40. The summed E-state index contributed by atoms with van der Waals surface area (Å²) in [5, 5.41) is 3.50. The van der Waals surface area contributed by atoms with E-state index in [1.165, 1.54) is 25.9 Å². The highest BCUT2D eigenvalue weighted by atomic mass is 32.2. The van der Waals surface area contributed by atoms with Crippen molar-refractivity contribution >= 4 is 15.8 Å². The van der Waals surface area contributed by atoms with E-state index < -0.39 is 14.6 Å². The lowest BCUT2D eigenvalue weighted by Crippen LogP contribution is -2.58. The van der Waals surface area contributed by atoms with Crippen LogP contribution in [0, 0.1) is 5.92 Å². The molecule has 0 bridgehead atoms. The summed E-state index contributed by atoms with van der Waals surface area (Å²) in [6, 6.07) is 0.491. The maximum Gasteiger partial charge on any atom is 0.193 e. The van der Waals surface area contributed by atoms with Gasteiger partial charge in [0.15, 0.2) is 15.8 Å². The molecule has 1 unspecified atom stereocenters. The summed E-state index contributed by atoms with van der Waals surface area (Å²) >= 11 is 0. The Balaban J connectivity index is 1.99. The van der Waals surface area contributed by atoms with Gasteiger partial charge in [-0.2, -0.15) is 0 Å². The van der Waals surface area contributed by atoms with E-state index in [0.29, 0.717) is 25.0 Å². The zero-order chi connectivity index (χ0) is 18.0. The second-order valence-corrected chi connectivity index (χ2v) is 10.7. The SMILES string of the molecule is CN=C(NCC(C(C)C)N1CCCC1)N1CCS(=O)(=O)C(C)(C)C1. The first kappa shape index (κ1) is 19.5. The van der Waals surface area contributed by atoms with E-state index in [1.807, 2.05) is 13.8 Å². The molecule has 0 aromatic heterocycles. The van der Waals surface area contributed by atoms with Crippen LogP contribution in [0.25, 0.3) is 0 Å². The Hall–Kier alpha value is -0.820. The number of rotatable bonds is 4. The van der Waals surface area contributed by atoms with Crippen molar-refractivity contribution in [2.45, 2.75) is 51.3 Å². The van der Waals surface area contributed by atoms with Crippen LogP contribution in [0.1, 0.15) is 40.5 Å². The van der Waals surface area contributed by atoms with Crippen LogP contribution in [0.2, 0.25) is 0 Å². The van der Waals surface area contributed by atoms with Crippen LogP contribution in [-0.4, -0.2) is 80.5 Å². The molecule has 0 amide bonds. The highest BCUT2D eigenvalue weighted by molar-refractivity contribution is 7.92. The van der Waals surface area contributed by atoms with Crippen LogP contribution in [0.5, 0.6) is 0 Å². The quantitative estimate of drug-likeness (QED) is 0.604. The van der Waals surface area contributed by atoms with Gasteiger partial charge in [-0.15, -0.1) is 0 Å². The Morgan fingerprint density at radius 3 is 2.33 bits per heavy atom. The average molecular weight is 359 g/mol. The predicted octanol–water partition coefficient (Wildman–Crippen LogP) is 1.19. The highest BCUT2D eigenvalue weighted by Gasteiger charge is 2.41. The molecule has 7 heteroatoms. The molecule has 2 aliphatic rings.